The van der Waals surface area contributed by atoms with Crippen LogP contribution < -0.4 is 14.8 Å². The van der Waals surface area contributed by atoms with Gasteiger partial charge in [-0.05, 0) is 114 Å². The summed E-state index contributed by atoms with van der Waals surface area (Å²) in [5.41, 5.74) is 5.03. The van der Waals surface area contributed by atoms with Crippen LogP contribution >= 0.6 is 0 Å². The van der Waals surface area contributed by atoms with Crippen LogP contribution in [0.2, 0.25) is 0 Å². The molecule has 1 heterocycles. The third-order valence-electron chi connectivity index (χ3n) is 13.5. The van der Waals surface area contributed by atoms with E-state index < -0.39 is 23.8 Å². The second-order valence-electron chi connectivity index (χ2n) is 17.7. The van der Waals surface area contributed by atoms with Crippen molar-refractivity contribution in [3.05, 3.63) is 167 Å². The van der Waals surface area contributed by atoms with Crippen LogP contribution in [0, 0.1) is 29.1 Å². The van der Waals surface area contributed by atoms with Gasteiger partial charge in [-0.25, -0.2) is 4.79 Å². The maximum absolute atomic E-state index is 15.6. The second kappa shape index (κ2) is 22.3. The Bertz CT molecular complexity index is 2660. The molecule has 68 heavy (non-hydrogen) atoms. The van der Waals surface area contributed by atoms with Crippen LogP contribution in [0.1, 0.15) is 90.4 Å². The van der Waals surface area contributed by atoms with Gasteiger partial charge in [0.15, 0.2) is 0 Å². The quantitative estimate of drug-likeness (QED) is 0.0392. The highest BCUT2D eigenvalue weighted by Gasteiger charge is 2.65. The van der Waals surface area contributed by atoms with Crippen LogP contribution in [-0.4, -0.2) is 71.0 Å². The zero-order valence-corrected chi connectivity index (χ0v) is 38.6. The highest BCUT2D eigenvalue weighted by atomic mass is 16.7. The van der Waals surface area contributed by atoms with E-state index in [1.165, 1.54) is 0 Å². The number of oxime groups is 1. The van der Waals surface area contributed by atoms with Crippen molar-refractivity contribution in [3.63, 3.8) is 0 Å². The van der Waals surface area contributed by atoms with Crippen molar-refractivity contribution in [2.24, 2.45) is 22.9 Å². The molecule has 1 aliphatic heterocycles. The van der Waals surface area contributed by atoms with Gasteiger partial charge in [0.1, 0.15) is 24.1 Å². The molecule has 1 fully saturated rings. The molecule has 1 saturated carbocycles. The number of carbonyl (C=O) groups excluding carboxylic acids is 2. The number of nitrogens with zero attached hydrogens (tertiary/aromatic N) is 3. The van der Waals surface area contributed by atoms with E-state index in [1.807, 2.05) is 78.6 Å². The molecular weight excluding hydrogens is 857 g/mol. The molecule has 2 amide bonds. The summed E-state index contributed by atoms with van der Waals surface area (Å²) in [7, 11) is 0. The maximum atomic E-state index is 15.6. The predicted octanol–water partition coefficient (Wildman–Crippen LogP) is 10.00. The molecule has 8 rings (SSSR count). The number of allylic oxidation sites excluding steroid dienone is 1. The van der Waals surface area contributed by atoms with E-state index >= 15 is 4.79 Å². The van der Waals surface area contributed by atoms with Gasteiger partial charge in [-0.15, -0.1) is 6.58 Å². The van der Waals surface area contributed by atoms with E-state index in [9.17, 15) is 20.3 Å². The molecule has 352 valence electrons. The minimum absolute atomic E-state index is 0.00421. The Balaban J connectivity index is 1.38. The van der Waals surface area contributed by atoms with E-state index in [1.54, 1.807) is 36.4 Å². The molecule has 12 heteroatoms. The van der Waals surface area contributed by atoms with Crippen molar-refractivity contribution in [1.82, 2.24) is 10.2 Å². The summed E-state index contributed by atoms with van der Waals surface area (Å²) >= 11 is 0. The smallest absolute Gasteiger partial charge is 0.412 e. The molecule has 0 saturated heterocycles. The van der Waals surface area contributed by atoms with Crippen molar-refractivity contribution in [2.75, 3.05) is 26.4 Å². The van der Waals surface area contributed by atoms with Gasteiger partial charge < -0.3 is 39.5 Å². The van der Waals surface area contributed by atoms with Gasteiger partial charge in [-0.1, -0.05) is 103 Å². The Hall–Kier alpha value is -6.78. The average Bonchev–Trinajstić information content (AvgIpc) is 3.36. The summed E-state index contributed by atoms with van der Waals surface area (Å²) in [4.78, 5) is 36.7. The number of ether oxygens (including phenoxy) is 3. The first kappa shape index (κ1) is 47.7. The van der Waals surface area contributed by atoms with Crippen molar-refractivity contribution in [3.8, 4) is 17.6 Å². The van der Waals surface area contributed by atoms with E-state index in [2.05, 4.69) is 42.2 Å². The monoisotopic (exact) mass is 916 g/mol. The Morgan fingerprint density at radius 2 is 1.69 bits per heavy atom. The summed E-state index contributed by atoms with van der Waals surface area (Å²) in [6, 6.07) is 37.5. The number of aliphatic hydroxyl groups is 2. The van der Waals surface area contributed by atoms with Crippen molar-refractivity contribution in [1.29, 1.82) is 5.26 Å². The highest BCUT2D eigenvalue weighted by Crippen LogP contribution is 2.62. The Morgan fingerprint density at radius 3 is 2.44 bits per heavy atom. The third kappa shape index (κ3) is 10.2. The first-order chi connectivity index (χ1) is 33.3. The van der Waals surface area contributed by atoms with Crippen molar-refractivity contribution >= 4 is 28.5 Å². The number of benzene rings is 5. The SMILES string of the molecule is C=CCO[C@@]12Oc3ccc(OC(=O)NCC)cc3[C@H]3[C@H](CCCCO)[C@@H](CCCCO)C=C(C(=NOCc4ccccc4)C[C@@H]1N(Cc1cccc4ccccc14)C(=O)c1ccc(C#N)cc1)[C@H]32. The van der Waals surface area contributed by atoms with Crippen LogP contribution in [0.4, 0.5) is 4.79 Å². The fourth-order valence-corrected chi connectivity index (χ4v) is 10.5. The largest absolute Gasteiger partial charge is 0.459 e. The number of unbranched alkanes of at least 4 members (excludes halogenated alkanes) is 2. The Morgan fingerprint density at radius 1 is 0.941 bits per heavy atom. The predicted molar refractivity (Wildman–Crippen MR) is 261 cm³/mol. The average molecular weight is 917 g/mol. The minimum Gasteiger partial charge on any atom is -0.459 e. The van der Waals surface area contributed by atoms with E-state index in [0.29, 0.717) is 47.7 Å². The lowest BCUT2D eigenvalue weighted by Gasteiger charge is -2.60. The lowest BCUT2D eigenvalue weighted by Crippen LogP contribution is -2.70. The molecule has 2 aliphatic carbocycles. The molecule has 6 atom stereocenters. The highest BCUT2D eigenvalue weighted by molar-refractivity contribution is 6.03. The van der Waals surface area contributed by atoms with Gasteiger partial charge in [0.25, 0.3) is 5.91 Å². The van der Waals surface area contributed by atoms with Crippen LogP contribution in [-0.2, 0) is 22.7 Å². The number of nitriles is 1. The van der Waals surface area contributed by atoms with E-state index in [-0.39, 0.29) is 63.1 Å². The molecule has 0 spiro atoms. The van der Waals surface area contributed by atoms with Crippen LogP contribution in [0.3, 0.4) is 0 Å². The van der Waals surface area contributed by atoms with Gasteiger partial charge in [0.2, 0.25) is 5.79 Å². The van der Waals surface area contributed by atoms with Crippen LogP contribution in [0.25, 0.3) is 10.8 Å². The number of hydrogen-bond donors (Lipinski definition) is 3. The number of amides is 2. The fourth-order valence-electron chi connectivity index (χ4n) is 10.5. The first-order valence-corrected chi connectivity index (χ1v) is 23.8. The second-order valence-corrected chi connectivity index (χ2v) is 17.7. The summed E-state index contributed by atoms with van der Waals surface area (Å²) in [6.45, 7) is 6.87. The van der Waals surface area contributed by atoms with Gasteiger partial charge in [-0.3, -0.25) is 4.79 Å². The third-order valence-corrected chi connectivity index (χ3v) is 13.5. The lowest BCUT2D eigenvalue weighted by atomic mass is 9.55. The summed E-state index contributed by atoms with van der Waals surface area (Å²) in [5.74, 6) is -1.95. The summed E-state index contributed by atoms with van der Waals surface area (Å²) < 4.78 is 20.6. The number of carbonyl (C=O) groups is 2. The molecule has 0 radical (unpaired) electrons. The molecule has 3 N–H and O–H groups in total. The zero-order chi connectivity index (χ0) is 47.5. The van der Waals surface area contributed by atoms with Gasteiger partial charge in [0, 0.05) is 49.8 Å². The number of rotatable bonds is 20. The van der Waals surface area contributed by atoms with E-state index in [0.717, 1.165) is 58.7 Å². The molecule has 0 aromatic heterocycles. The first-order valence-electron chi connectivity index (χ1n) is 23.8. The topological polar surface area (TPSA) is 163 Å². The van der Waals surface area contributed by atoms with Gasteiger partial charge >= 0.3 is 6.09 Å². The molecule has 12 nitrogen and oxygen atoms in total. The summed E-state index contributed by atoms with van der Waals surface area (Å²) in [5, 5.41) is 39.5. The van der Waals surface area contributed by atoms with Gasteiger partial charge in [-0.2, -0.15) is 5.26 Å². The maximum Gasteiger partial charge on any atom is 0.412 e. The van der Waals surface area contributed by atoms with Crippen LogP contribution in [0.5, 0.6) is 11.5 Å². The van der Waals surface area contributed by atoms with E-state index in [4.69, 9.17) is 24.2 Å². The molecule has 5 aromatic rings. The number of fused-ring (bicyclic) bond motifs is 3. The molecule has 0 bridgehead atoms. The normalized spacial score (nSPS) is 21.9. The van der Waals surface area contributed by atoms with Gasteiger partial charge in [0.05, 0.1) is 29.9 Å². The zero-order valence-electron chi connectivity index (χ0n) is 38.6. The Labute approximate surface area is 398 Å². The molecule has 5 aromatic carbocycles. The number of hydrogen-bond acceptors (Lipinski definition) is 10. The molecule has 0 unspecified atom stereocenters. The fraction of sp³-hybridized carbons (Fsp3) is 0.357. The molecule has 3 aliphatic rings. The number of nitrogens with one attached hydrogen (secondary N) is 1. The number of aliphatic hydroxyl groups excluding tert-OH is 2. The minimum atomic E-state index is -1.55. The van der Waals surface area contributed by atoms with Crippen molar-refractivity contribution in [2.45, 2.75) is 82.8 Å². The van der Waals surface area contributed by atoms with Crippen LogP contribution in [0.15, 0.2) is 145 Å². The van der Waals surface area contributed by atoms with Crippen molar-refractivity contribution < 1.29 is 38.9 Å². The lowest BCUT2D eigenvalue weighted by molar-refractivity contribution is -0.255. The molecular formula is C56H60N4O8. The Kier molecular flexibility index (Phi) is 15.7. The standard InChI is InChI=1S/C56H60N4O8/c1-3-31-65-56-51(60(54(63)41-25-23-38(35-57)24-26-41)36-43-20-14-19-40-17-8-9-21-45(40)43)34-49(59-66-37-39-15-6-5-7-16-39)47-32-42(18-10-12-29-61)46(22-11-13-30-62)52(53(47)56)48-33-44(27-28-50(48)68-56)67-55(64)58-4-2/h3,5-9,14-17,19-21,23-28,32-33,42,46,51-53,61-62H,1,4,10-13,18,22,29-31,34,36-37H2,2H3,(H,58,64)/t42-,46+,51-,52+,53+,56+/m0/s1. The summed E-state index contributed by atoms with van der Waals surface area (Å²) in [6.07, 6.45) is 7.86.